The Hall–Kier alpha value is -1.76. The van der Waals surface area contributed by atoms with E-state index in [1.165, 1.54) is 0 Å². The molecule has 0 fully saturated rings. The predicted octanol–water partition coefficient (Wildman–Crippen LogP) is 1.22. The Kier molecular flexibility index (Phi) is 5.02. The zero-order valence-corrected chi connectivity index (χ0v) is 8.62. The second-order valence-corrected chi connectivity index (χ2v) is 3.26. The zero-order valence-electron chi connectivity index (χ0n) is 8.62. The number of nitrogens with one attached hydrogen (secondary N) is 2. The molecule has 4 heteroatoms. The van der Waals surface area contributed by atoms with Crippen LogP contribution in [0.2, 0.25) is 0 Å². The molecule has 1 aromatic heterocycles. The average Bonchev–Trinajstić information content (AvgIpc) is 2.74. The first kappa shape index (κ1) is 11.3. The summed E-state index contributed by atoms with van der Waals surface area (Å²) in [5.74, 6) is 2.61. The summed E-state index contributed by atoms with van der Waals surface area (Å²) in [5.41, 5.74) is 0.909. The maximum atomic E-state index is 11.3. The molecule has 0 aliphatic heterocycles. The molecule has 1 rings (SSSR count). The molecule has 4 nitrogen and oxygen atoms in total. The number of aromatic amines is 1. The highest BCUT2D eigenvalue weighted by atomic mass is 16.1. The molecular formula is C11H15N3O. The van der Waals surface area contributed by atoms with Crippen LogP contribution >= 0.6 is 0 Å². The van der Waals surface area contributed by atoms with Crippen LogP contribution < -0.4 is 5.32 Å². The third-order valence-electron chi connectivity index (χ3n) is 2.01. The van der Waals surface area contributed by atoms with Gasteiger partial charge >= 0.3 is 0 Å². The van der Waals surface area contributed by atoms with Gasteiger partial charge in [0.2, 0.25) is 5.91 Å². The van der Waals surface area contributed by atoms with Gasteiger partial charge in [0.25, 0.3) is 0 Å². The van der Waals surface area contributed by atoms with E-state index in [4.69, 9.17) is 6.42 Å². The normalized spacial score (nSPS) is 9.53. The van der Waals surface area contributed by atoms with Crippen molar-refractivity contribution in [3.8, 4) is 12.3 Å². The summed E-state index contributed by atoms with van der Waals surface area (Å²) in [5, 5.41) is 2.80. The van der Waals surface area contributed by atoms with E-state index < -0.39 is 0 Å². The van der Waals surface area contributed by atoms with E-state index in [-0.39, 0.29) is 5.91 Å². The summed E-state index contributed by atoms with van der Waals surface area (Å²) >= 11 is 0. The number of imidazole rings is 1. The summed E-state index contributed by atoms with van der Waals surface area (Å²) in [6.45, 7) is 0.508. The standard InChI is InChI=1S/C11H15N3O/c1-2-3-4-5-6-11(15)13-8-10-7-12-9-14-10/h1,7,9H,3-6,8H2,(H,12,14)(H,13,15). The van der Waals surface area contributed by atoms with Gasteiger partial charge in [0.05, 0.1) is 18.6 Å². The quantitative estimate of drug-likeness (QED) is 0.542. The molecule has 80 valence electrons. The van der Waals surface area contributed by atoms with Gasteiger partial charge in [-0.1, -0.05) is 0 Å². The SMILES string of the molecule is C#CCCCCC(=O)NCc1cnc[nH]1. The number of unbranched alkanes of at least 4 members (excludes halogenated alkanes) is 2. The number of rotatable bonds is 6. The molecule has 0 spiro atoms. The number of amides is 1. The van der Waals surface area contributed by atoms with Gasteiger partial charge in [-0.25, -0.2) is 4.98 Å². The molecule has 0 aliphatic rings. The van der Waals surface area contributed by atoms with Crippen LogP contribution in [0, 0.1) is 12.3 Å². The number of carbonyl (C=O) groups excluding carboxylic acids is 1. The minimum absolute atomic E-state index is 0.0571. The van der Waals surface area contributed by atoms with Crippen molar-refractivity contribution in [3.05, 3.63) is 18.2 Å². The highest BCUT2D eigenvalue weighted by molar-refractivity contribution is 5.75. The van der Waals surface area contributed by atoms with E-state index >= 15 is 0 Å². The fourth-order valence-electron chi connectivity index (χ4n) is 1.18. The van der Waals surface area contributed by atoms with Gasteiger partial charge in [0, 0.05) is 19.0 Å². The third kappa shape index (κ3) is 4.87. The average molecular weight is 205 g/mol. The van der Waals surface area contributed by atoms with Crippen molar-refractivity contribution in [2.45, 2.75) is 32.2 Å². The Morgan fingerprint density at radius 2 is 2.47 bits per heavy atom. The number of hydrogen-bond acceptors (Lipinski definition) is 2. The predicted molar refractivity (Wildman–Crippen MR) is 57.7 cm³/mol. The molecule has 0 aromatic carbocycles. The molecule has 1 heterocycles. The first-order valence-corrected chi connectivity index (χ1v) is 5.00. The van der Waals surface area contributed by atoms with Crippen LogP contribution in [-0.2, 0) is 11.3 Å². The monoisotopic (exact) mass is 205 g/mol. The lowest BCUT2D eigenvalue weighted by molar-refractivity contribution is -0.121. The van der Waals surface area contributed by atoms with E-state index in [0.717, 1.165) is 25.0 Å². The molecule has 0 bridgehead atoms. The van der Waals surface area contributed by atoms with Gasteiger partial charge in [0.15, 0.2) is 0 Å². The van der Waals surface area contributed by atoms with Crippen LogP contribution in [0.4, 0.5) is 0 Å². The number of carbonyl (C=O) groups is 1. The number of H-pyrrole nitrogens is 1. The van der Waals surface area contributed by atoms with Gasteiger partial charge < -0.3 is 10.3 Å². The van der Waals surface area contributed by atoms with Gasteiger partial charge in [-0.05, 0) is 12.8 Å². The summed E-state index contributed by atoms with van der Waals surface area (Å²) in [4.78, 5) is 18.1. The summed E-state index contributed by atoms with van der Waals surface area (Å²) in [7, 11) is 0. The fraction of sp³-hybridized carbons (Fsp3) is 0.455. The molecule has 1 aromatic rings. The summed E-state index contributed by atoms with van der Waals surface area (Å²) < 4.78 is 0. The molecular weight excluding hydrogens is 190 g/mol. The highest BCUT2D eigenvalue weighted by Crippen LogP contribution is 1.99. The third-order valence-corrected chi connectivity index (χ3v) is 2.01. The Labute approximate surface area is 89.5 Å². The van der Waals surface area contributed by atoms with Crippen molar-refractivity contribution < 1.29 is 4.79 Å². The van der Waals surface area contributed by atoms with Crippen LogP contribution in [0.25, 0.3) is 0 Å². The number of nitrogens with zero attached hydrogens (tertiary/aromatic N) is 1. The number of hydrogen-bond donors (Lipinski definition) is 2. The lowest BCUT2D eigenvalue weighted by atomic mass is 10.2. The molecule has 1 amide bonds. The Morgan fingerprint density at radius 1 is 1.60 bits per heavy atom. The first-order valence-electron chi connectivity index (χ1n) is 5.00. The Morgan fingerprint density at radius 3 is 3.13 bits per heavy atom. The highest BCUT2D eigenvalue weighted by Gasteiger charge is 2.00. The van der Waals surface area contributed by atoms with E-state index in [1.54, 1.807) is 12.5 Å². The van der Waals surface area contributed by atoms with E-state index in [9.17, 15) is 4.79 Å². The molecule has 0 radical (unpaired) electrons. The lowest BCUT2D eigenvalue weighted by Crippen LogP contribution is -2.22. The molecule has 0 atom stereocenters. The van der Waals surface area contributed by atoms with Crippen molar-refractivity contribution >= 4 is 5.91 Å². The van der Waals surface area contributed by atoms with Crippen molar-refractivity contribution in [2.24, 2.45) is 0 Å². The van der Waals surface area contributed by atoms with Crippen molar-refractivity contribution in [1.82, 2.24) is 15.3 Å². The topological polar surface area (TPSA) is 57.8 Å². The van der Waals surface area contributed by atoms with Gasteiger partial charge in [-0.3, -0.25) is 4.79 Å². The maximum absolute atomic E-state index is 11.3. The van der Waals surface area contributed by atoms with Crippen molar-refractivity contribution in [2.75, 3.05) is 0 Å². The Balaban J connectivity index is 2.07. The summed E-state index contributed by atoms with van der Waals surface area (Å²) in [6.07, 6.45) is 11.4. The molecule has 0 unspecified atom stereocenters. The second-order valence-electron chi connectivity index (χ2n) is 3.26. The maximum Gasteiger partial charge on any atom is 0.220 e. The van der Waals surface area contributed by atoms with Crippen LogP contribution in [0.5, 0.6) is 0 Å². The molecule has 15 heavy (non-hydrogen) atoms. The smallest absolute Gasteiger partial charge is 0.220 e. The van der Waals surface area contributed by atoms with Gasteiger partial charge in [-0.2, -0.15) is 0 Å². The van der Waals surface area contributed by atoms with Crippen molar-refractivity contribution in [3.63, 3.8) is 0 Å². The van der Waals surface area contributed by atoms with Crippen LogP contribution in [0.15, 0.2) is 12.5 Å². The lowest BCUT2D eigenvalue weighted by Gasteiger charge is -2.02. The van der Waals surface area contributed by atoms with Gasteiger partial charge in [-0.15, -0.1) is 12.3 Å². The van der Waals surface area contributed by atoms with Crippen LogP contribution in [0.3, 0.4) is 0 Å². The zero-order chi connectivity index (χ0) is 10.9. The fourth-order valence-corrected chi connectivity index (χ4v) is 1.18. The largest absolute Gasteiger partial charge is 0.350 e. The number of terminal acetylenes is 1. The van der Waals surface area contributed by atoms with E-state index in [0.29, 0.717) is 13.0 Å². The molecule has 2 N–H and O–H groups in total. The minimum atomic E-state index is 0.0571. The van der Waals surface area contributed by atoms with Gasteiger partial charge in [0.1, 0.15) is 0 Å². The minimum Gasteiger partial charge on any atom is -0.350 e. The van der Waals surface area contributed by atoms with Crippen molar-refractivity contribution in [1.29, 1.82) is 0 Å². The second kappa shape index (κ2) is 6.66. The summed E-state index contributed by atoms with van der Waals surface area (Å²) in [6, 6.07) is 0. The molecule has 0 aliphatic carbocycles. The number of aromatic nitrogens is 2. The molecule has 0 saturated heterocycles. The van der Waals surface area contributed by atoms with Crippen LogP contribution in [-0.4, -0.2) is 15.9 Å². The van der Waals surface area contributed by atoms with E-state index in [1.807, 2.05) is 0 Å². The molecule has 0 saturated carbocycles. The Bertz CT molecular complexity index is 324. The van der Waals surface area contributed by atoms with E-state index in [2.05, 4.69) is 21.2 Å². The first-order chi connectivity index (χ1) is 7.33. The van der Waals surface area contributed by atoms with Crippen LogP contribution in [0.1, 0.15) is 31.4 Å².